The molecule has 1 aromatic carbocycles. The average molecular weight is 274 g/mol. The lowest BCUT2D eigenvalue weighted by atomic mass is 9.84. The van der Waals surface area contributed by atoms with Gasteiger partial charge in [-0.2, -0.15) is 5.10 Å². The van der Waals surface area contributed by atoms with Gasteiger partial charge in [-0.1, -0.05) is 20.8 Å². The predicted molar refractivity (Wildman–Crippen MR) is 76.1 cm³/mol. The number of rotatable bonds is 2. The Balaban J connectivity index is 2.57. The molecule has 1 heterocycles. The Bertz CT molecular complexity index is 666. The Kier molecular flexibility index (Phi) is 3.29. The van der Waals surface area contributed by atoms with Gasteiger partial charge in [0.2, 0.25) is 0 Å². The number of H-pyrrole nitrogens is 1. The molecule has 0 aliphatic carbocycles. The van der Waals surface area contributed by atoms with Gasteiger partial charge in [0.05, 0.1) is 5.69 Å². The normalized spacial score (nSPS) is 11.6. The minimum atomic E-state index is -1.05. The first kappa shape index (κ1) is 14.1. The zero-order chi connectivity index (χ0) is 15.1. The number of hydrogen-bond donors (Lipinski definition) is 3. The summed E-state index contributed by atoms with van der Waals surface area (Å²) in [6, 6.07) is 5.14. The molecule has 0 atom stereocenters. The van der Waals surface area contributed by atoms with E-state index in [0.717, 1.165) is 16.7 Å². The number of hydrogen-bond acceptors (Lipinski definition) is 3. The van der Waals surface area contributed by atoms with Crippen molar-refractivity contribution in [2.75, 3.05) is 0 Å². The van der Waals surface area contributed by atoms with E-state index in [1.54, 1.807) is 6.07 Å². The van der Waals surface area contributed by atoms with Gasteiger partial charge in [-0.05, 0) is 36.1 Å². The molecule has 0 unspecified atom stereocenters. The summed E-state index contributed by atoms with van der Waals surface area (Å²) in [5.41, 5.74) is 2.73. The topological polar surface area (TPSA) is 86.2 Å². The van der Waals surface area contributed by atoms with E-state index in [1.165, 1.54) is 6.07 Å². The van der Waals surface area contributed by atoms with Crippen molar-refractivity contribution in [1.29, 1.82) is 0 Å². The molecule has 3 N–H and O–H groups in total. The van der Waals surface area contributed by atoms with Crippen LogP contribution in [0.1, 0.15) is 42.4 Å². The molecule has 1 aromatic heterocycles. The number of aromatic carboxylic acids is 1. The van der Waals surface area contributed by atoms with Crippen LogP contribution in [-0.4, -0.2) is 26.4 Å². The first-order chi connectivity index (χ1) is 9.20. The van der Waals surface area contributed by atoms with Crippen LogP contribution in [0, 0.1) is 6.92 Å². The van der Waals surface area contributed by atoms with E-state index in [2.05, 4.69) is 10.2 Å². The maximum Gasteiger partial charge on any atom is 0.353 e. The van der Waals surface area contributed by atoms with Gasteiger partial charge in [-0.3, -0.25) is 5.10 Å². The highest BCUT2D eigenvalue weighted by Crippen LogP contribution is 2.36. The molecule has 106 valence electrons. The lowest BCUT2D eigenvalue weighted by Gasteiger charge is -2.22. The summed E-state index contributed by atoms with van der Waals surface area (Å²) in [6.07, 6.45) is 0. The highest BCUT2D eigenvalue weighted by Gasteiger charge is 2.21. The van der Waals surface area contributed by atoms with Crippen molar-refractivity contribution in [3.8, 4) is 17.0 Å². The molecule has 5 heteroatoms. The number of phenols is 1. The highest BCUT2D eigenvalue weighted by atomic mass is 16.4. The molecule has 0 radical (unpaired) electrons. The monoisotopic (exact) mass is 274 g/mol. The van der Waals surface area contributed by atoms with Crippen LogP contribution >= 0.6 is 0 Å². The van der Waals surface area contributed by atoms with Gasteiger partial charge in [0.15, 0.2) is 0 Å². The third-order valence-corrected chi connectivity index (χ3v) is 3.21. The zero-order valence-corrected chi connectivity index (χ0v) is 12.0. The summed E-state index contributed by atoms with van der Waals surface area (Å²) in [5.74, 6) is -0.773. The smallest absolute Gasteiger partial charge is 0.353 e. The summed E-state index contributed by atoms with van der Waals surface area (Å²) in [5, 5.41) is 25.6. The maximum absolute atomic E-state index is 10.9. The Morgan fingerprint density at radius 1 is 1.25 bits per heavy atom. The molecule has 0 saturated carbocycles. The number of aryl methyl sites for hydroxylation is 1. The summed E-state index contributed by atoms with van der Waals surface area (Å²) in [4.78, 5) is 10.9. The van der Waals surface area contributed by atoms with E-state index >= 15 is 0 Å². The molecule has 2 aromatic rings. The van der Waals surface area contributed by atoms with E-state index < -0.39 is 5.97 Å². The number of benzene rings is 1. The van der Waals surface area contributed by atoms with E-state index in [1.807, 2.05) is 33.8 Å². The number of nitrogens with one attached hydrogen (secondary N) is 1. The second-order valence-corrected chi connectivity index (χ2v) is 5.91. The lowest BCUT2D eigenvalue weighted by Crippen LogP contribution is -2.12. The second kappa shape index (κ2) is 4.67. The Labute approximate surface area is 117 Å². The second-order valence-electron chi connectivity index (χ2n) is 5.91. The van der Waals surface area contributed by atoms with E-state index in [4.69, 9.17) is 5.11 Å². The molecular formula is C15H18N2O3. The number of carboxylic acids is 1. The third kappa shape index (κ3) is 2.52. The molecule has 0 fully saturated rings. The molecule has 0 spiro atoms. The number of aromatic amines is 1. The van der Waals surface area contributed by atoms with Crippen LogP contribution in [0.5, 0.6) is 5.75 Å². The number of carbonyl (C=O) groups is 1. The fraction of sp³-hybridized carbons (Fsp3) is 0.333. The first-order valence-corrected chi connectivity index (χ1v) is 6.33. The summed E-state index contributed by atoms with van der Waals surface area (Å²) in [7, 11) is 0. The SMILES string of the molecule is Cc1cc(-c2cc(C(=O)O)[nH]n2)cc(C(C)(C)C)c1O. The van der Waals surface area contributed by atoms with E-state index in [0.29, 0.717) is 5.69 Å². The van der Waals surface area contributed by atoms with Crippen molar-refractivity contribution in [1.82, 2.24) is 10.2 Å². The molecule has 0 saturated heterocycles. The molecular weight excluding hydrogens is 256 g/mol. The number of carboxylic acid groups (broad SMARTS) is 1. The quantitative estimate of drug-likeness (QED) is 0.785. The van der Waals surface area contributed by atoms with Crippen LogP contribution < -0.4 is 0 Å². The summed E-state index contributed by atoms with van der Waals surface area (Å²) >= 11 is 0. The van der Waals surface area contributed by atoms with E-state index in [9.17, 15) is 9.90 Å². The zero-order valence-electron chi connectivity index (χ0n) is 12.0. The maximum atomic E-state index is 10.9. The van der Waals surface area contributed by atoms with Gasteiger partial charge in [0.1, 0.15) is 11.4 Å². The number of aromatic hydroxyl groups is 1. The molecule has 2 rings (SSSR count). The average Bonchev–Trinajstić information content (AvgIpc) is 2.80. The van der Waals surface area contributed by atoms with E-state index in [-0.39, 0.29) is 16.9 Å². The minimum absolute atomic E-state index is 0.0445. The molecule has 0 bridgehead atoms. The van der Waals surface area contributed by atoms with Crippen molar-refractivity contribution in [3.05, 3.63) is 35.0 Å². The largest absolute Gasteiger partial charge is 0.507 e. The molecule has 0 amide bonds. The Morgan fingerprint density at radius 3 is 2.40 bits per heavy atom. The fourth-order valence-corrected chi connectivity index (χ4v) is 2.08. The van der Waals surface area contributed by atoms with Gasteiger partial charge in [-0.15, -0.1) is 0 Å². The molecule has 20 heavy (non-hydrogen) atoms. The van der Waals surface area contributed by atoms with Crippen LogP contribution in [0.3, 0.4) is 0 Å². The molecule has 5 nitrogen and oxygen atoms in total. The third-order valence-electron chi connectivity index (χ3n) is 3.21. The lowest BCUT2D eigenvalue weighted by molar-refractivity contribution is 0.0690. The van der Waals surface area contributed by atoms with Gasteiger partial charge < -0.3 is 10.2 Å². The van der Waals surface area contributed by atoms with Gasteiger partial charge >= 0.3 is 5.97 Å². The van der Waals surface area contributed by atoms with Crippen molar-refractivity contribution in [2.24, 2.45) is 0 Å². The van der Waals surface area contributed by atoms with Crippen LogP contribution in [0.25, 0.3) is 11.3 Å². The van der Waals surface area contributed by atoms with Crippen molar-refractivity contribution >= 4 is 5.97 Å². The van der Waals surface area contributed by atoms with Crippen LogP contribution in [0.15, 0.2) is 18.2 Å². The summed E-state index contributed by atoms with van der Waals surface area (Å²) < 4.78 is 0. The van der Waals surface area contributed by atoms with Gasteiger partial charge in [0.25, 0.3) is 0 Å². The van der Waals surface area contributed by atoms with Crippen molar-refractivity contribution in [3.63, 3.8) is 0 Å². The van der Waals surface area contributed by atoms with Crippen molar-refractivity contribution < 1.29 is 15.0 Å². The number of phenolic OH excluding ortho intramolecular Hbond substituents is 1. The van der Waals surface area contributed by atoms with Gasteiger partial charge in [0, 0.05) is 11.1 Å². The first-order valence-electron chi connectivity index (χ1n) is 6.33. The highest BCUT2D eigenvalue weighted by molar-refractivity contribution is 5.87. The fourth-order valence-electron chi connectivity index (χ4n) is 2.08. The molecule has 0 aliphatic rings. The predicted octanol–water partition coefficient (Wildman–Crippen LogP) is 3.09. The van der Waals surface area contributed by atoms with Crippen LogP contribution in [0.2, 0.25) is 0 Å². The van der Waals surface area contributed by atoms with Crippen LogP contribution in [0.4, 0.5) is 0 Å². The number of aromatic nitrogens is 2. The summed E-state index contributed by atoms with van der Waals surface area (Å²) in [6.45, 7) is 7.86. The van der Waals surface area contributed by atoms with Crippen molar-refractivity contribution in [2.45, 2.75) is 33.1 Å². The minimum Gasteiger partial charge on any atom is -0.507 e. The number of nitrogens with zero attached hydrogens (tertiary/aromatic N) is 1. The Hall–Kier alpha value is -2.30. The Morgan fingerprint density at radius 2 is 1.90 bits per heavy atom. The molecule has 0 aliphatic heterocycles. The standard InChI is InChI=1S/C15H18N2O3/c1-8-5-9(6-10(13(8)18)15(2,3)4)11-7-12(14(19)20)17-16-11/h5-7,18H,1-4H3,(H,16,17)(H,19,20). The van der Waals surface area contributed by atoms with Crippen LogP contribution in [-0.2, 0) is 5.41 Å². The van der Waals surface area contributed by atoms with Gasteiger partial charge in [-0.25, -0.2) is 4.79 Å².